The number of carbonyl (C=O) groups is 2. The van der Waals surface area contributed by atoms with Crippen LogP contribution in [0.4, 0.5) is 0 Å². The number of aromatic nitrogens is 1. The van der Waals surface area contributed by atoms with Crippen molar-refractivity contribution in [2.24, 2.45) is 5.73 Å². The van der Waals surface area contributed by atoms with Gasteiger partial charge in [-0.2, -0.15) is 0 Å². The number of ether oxygens (including phenoxy) is 2. The molecule has 1 aromatic carbocycles. The average molecular weight is 343 g/mol. The van der Waals surface area contributed by atoms with Crippen LogP contribution in [0, 0.1) is 0 Å². The summed E-state index contributed by atoms with van der Waals surface area (Å²) in [6, 6.07) is 5.37. The molecule has 0 aliphatic carbocycles. The molecule has 25 heavy (non-hydrogen) atoms. The second kappa shape index (κ2) is 7.38. The summed E-state index contributed by atoms with van der Waals surface area (Å²) in [4.78, 5) is 27.1. The normalized spacial score (nSPS) is 16.7. The third-order valence-corrected chi connectivity index (χ3v) is 4.18. The number of pyridine rings is 1. The van der Waals surface area contributed by atoms with Gasteiger partial charge in [0.1, 0.15) is 5.75 Å². The molecular weight excluding hydrogens is 322 g/mol. The summed E-state index contributed by atoms with van der Waals surface area (Å²) in [5.41, 5.74) is 5.77. The van der Waals surface area contributed by atoms with E-state index in [9.17, 15) is 9.59 Å². The number of carbonyl (C=O) groups excluding carboxylic acids is 2. The largest absolute Gasteiger partial charge is 0.493 e. The summed E-state index contributed by atoms with van der Waals surface area (Å²) in [5, 5.41) is 4.47. The highest BCUT2D eigenvalue weighted by atomic mass is 16.5. The predicted molar refractivity (Wildman–Crippen MR) is 92.7 cm³/mol. The van der Waals surface area contributed by atoms with E-state index < -0.39 is 5.91 Å². The molecule has 0 spiro atoms. The van der Waals surface area contributed by atoms with Crippen molar-refractivity contribution in [3.63, 3.8) is 0 Å². The highest BCUT2D eigenvalue weighted by Crippen LogP contribution is 2.31. The number of fused-ring (bicyclic) bond motifs is 1. The standard InChI is InChI=1S/C18H21N3O4/c1-2-24-15-10-13-11(9-14(15)17(19)23)5-7-20-18(13)25-8-6-12-3-4-16(22)21-12/h5,7,9-10,12H,2-4,6,8H2,1H3,(H2,19,23)(H,21,22)/t12-/m0/s1. The summed E-state index contributed by atoms with van der Waals surface area (Å²) < 4.78 is 11.3. The number of rotatable bonds is 7. The van der Waals surface area contributed by atoms with Gasteiger partial charge in [-0.3, -0.25) is 9.59 Å². The number of hydrogen-bond acceptors (Lipinski definition) is 5. The van der Waals surface area contributed by atoms with Gasteiger partial charge in [0.2, 0.25) is 11.8 Å². The van der Waals surface area contributed by atoms with E-state index in [1.54, 1.807) is 24.4 Å². The predicted octanol–water partition coefficient (Wildman–Crippen LogP) is 1.78. The molecule has 7 nitrogen and oxygen atoms in total. The molecule has 2 amide bonds. The molecule has 1 fully saturated rings. The van der Waals surface area contributed by atoms with Crippen molar-refractivity contribution >= 4 is 22.6 Å². The first-order valence-electron chi connectivity index (χ1n) is 8.36. The molecule has 0 radical (unpaired) electrons. The van der Waals surface area contributed by atoms with Gasteiger partial charge < -0.3 is 20.5 Å². The number of hydrogen-bond donors (Lipinski definition) is 2. The fourth-order valence-corrected chi connectivity index (χ4v) is 2.95. The summed E-state index contributed by atoms with van der Waals surface area (Å²) in [6.45, 7) is 2.70. The zero-order valence-electron chi connectivity index (χ0n) is 14.1. The Morgan fingerprint density at radius 2 is 2.24 bits per heavy atom. The zero-order valence-corrected chi connectivity index (χ0v) is 14.1. The molecule has 1 aromatic heterocycles. The van der Waals surface area contributed by atoms with Crippen molar-refractivity contribution in [1.29, 1.82) is 0 Å². The minimum absolute atomic E-state index is 0.0913. The summed E-state index contributed by atoms with van der Waals surface area (Å²) in [5.74, 6) is 0.442. The van der Waals surface area contributed by atoms with Crippen LogP contribution >= 0.6 is 0 Å². The van der Waals surface area contributed by atoms with E-state index in [0.717, 1.165) is 23.6 Å². The lowest BCUT2D eigenvalue weighted by Crippen LogP contribution is -2.26. The number of amides is 2. The van der Waals surface area contributed by atoms with Crippen LogP contribution in [0.5, 0.6) is 11.6 Å². The number of benzene rings is 1. The molecule has 2 heterocycles. The van der Waals surface area contributed by atoms with Crippen molar-refractivity contribution in [1.82, 2.24) is 10.3 Å². The van der Waals surface area contributed by atoms with E-state index in [4.69, 9.17) is 15.2 Å². The number of nitrogens with two attached hydrogens (primary N) is 1. The van der Waals surface area contributed by atoms with Crippen LogP contribution in [-0.2, 0) is 4.79 Å². The maximum atomic E-state index is 11.6. The minimum Gasteiger partial charge on any atom is -0.493 e. The van der Waals surface area contributed by atoms with Crippen molar-refractivity contribution < 1.29 is 19.1 Å². The van der Waals surface area contributed by atoms with Gasteiger partial charge >= 0.3 is 0 Å². The molecule has 1 atom stereocenters. The Labute approximate surface area is 145 Å². The van der Waals surface area contributed by atoms with Crippen LogP contribution in [0.25, 0.3) is 10.8 Å². The Hall–Kier alpha value is -2.83. The topological polar surface area (TPSA) is 104 Å². The van der Waals surface area contributed by atoms with Crippen LogP contribution in [-0.4, -0.2) is 36.1 Å². The molecule has 1 aliphatic rings. The Bertz CT molecular complexity index is 806. The molecule has 132 valence electrons. The summed E-state index contributed by atoms with van der Waals surface area (Å²) >= 11 is 0. The van der Waals surface area contributed by atoms with Crippen LogP contribution in [0.15, 0.2) is 24.4 Å². The Morgan fingerprint density at radius 1 is 1.40 bits per heavy atom. The number of nitrogens with zero attached hydrogens (tertiary/aromatic N) is 1. The van der Waals surface area contributed by atoms with Gasteiger partial charge in [-0.25, -0.2) is 4.98 Å². The first-order chi connectivity index (χ1) is 12.1. The molecule has 1 saturated heterocycles. The van der Waals surface area contributed by atoms with Crippen molar-refractivity contribution in [3.8, 4) is 11.6 Å². The van der Waals surface area contributed by atoms with E-state index in [1.165, 1.54) is 0 Å². The second-order valence-electron chi connectivity index (χ2n) is 5.92. The average Bonchev–Trinajstić information content (AvgIpc) is 3.00. The lowest BCUT2D eigenvalue weighted by Gasteiger charge is -2.14. The second-order valence-corrected chi connectivity index (χ2v) is 5.92. The van der Waals surface area contributed by atoms with Gasteiger partial charge in [0.25, 0.3) is 5.91 Å². The molecule has 1 aliphatic heterocycles. The van der Waals surface area contributed by atoms with Crippen LogP contribution in [0.2, 0.25) is 0 Å². The first kappa shape index (κ1) is 17.0. The van der Waals surface area contributed by atoms with E-state index in [-0.39, 0.29) is 11.9 Å². The fraction of sp³-hybridized carbons (Fsp3) is 0.389. The van der Waals surface area contributed by atoms with E-state index in [2.05, 4.69) is 10.3 Å². The van der Waals surface area contributed by atoms with Crippen molar-refractivity contribution in [2.75, 3.05) is 13.2 Å². The molecule has 0 bridgehead atoms. The van der Waals surface area contributed by atoms with Gasteiger partial charge in [0.15, 0.2) is 0 Å². The highest BCUT2D eigenvalue weighted by Gasteiger charge is 2.20. The smallest absolute Gasteiger partial charge is 0.252 e. The first-order valence-corrected chi connectivity index (χ1v) is 8.36. The third-order valence-electron chi connectivity index (χ3n) is 4.18. The molecule has 7 heteroatoms. The maximum Gasteiger partial charge on any atom is 0.252 e. The van der Waals surface area contributed by atoms with Crippen LogP contribution < -0.4 is 20.5 Å². The maximum absolute atomic E-state index is 11.6. The van der Waals surface area contributed by atoms with Crippen molar-refractivity contribution in [2.45, 2.75) is 32.2 Å². The monoisotopic (exact) mass is 343 g/mol. The zero-order chi connectivity index (χ0) is 17.8. The lowest BCUT2D eigenvalue weighted by molar-refractivity contribution is -0.119. The molecule has 0 saturated carbocycles. The molecule has 3 N–H and O–H groups in total. The van der Waals surface area contributed by atoms with Gasteiger partial charge in [-0.1, -0.05) is 0 Å². The highest BCUT2D eigenvalue weighted by molar-refractivity contribution is 6.01. The Morgan fingerprint density at radius 3 is 2.92 bits per heavy atom. The van der Waals surface area contributed by atoms with Gasteiger partial charge in [-0.05, 0) is 36.9 Å². The van der Waals surface area contributed by atoms with Crippen LogP contribution in [0.1, 0.15) is 36.5 Å². The molecule has 0 unspecified atom stereocenters. The van der Waals surface area contributed by atoms with Crippen LogP contribution in [0.3, 0.4) is 0 Å². The number of nitrogens with one attached hydrogen (secondary N) is 1. The van der Waals surface area contributed by atoms with Gasteiger partial charge in [-0.15, -0.1) is 0 Å². The van der Waals surface area contributed by atoms with E-state index in [1.807, 2.05) is 6.92 Å². The molecule has 2 aromatic rings. The van der Waals surface area contributed by atoms with Crippen molar-refractivity contribution in [3.05, 3.63) is 30.0 Å². The molecule has 3 rings (SSSR count). The summed E-state index contributed by atoms with van der Waals surface area (Å²) in [7, 11) is 0. The molecular formula is C18H21N3O4. The Kier molecular flexibility index (Phi) is 5.02. The van der Waals surface area contributed by atoms with Gasteiger partial charge in [0.05, 0.1) is 18.8 Å². The number of primary amides is 1. The lowest BCUT2D eigenvalue weighted by atomic mass is 10.1. The minimum atomic E-state index is -0.540. The fourth-order valence-electron chi connectivity index (χ4n) is 2.95. The summed E-state index contributed by atoms with van der Waals surface area (Å²) in [6.07, 6.45) is 3.76. The SMILES string of the molecule is CCOc1cc2c(OCC[C@@H]3CCC(=O)N3)nccc2cc1C(N)=O. The van der Waals surface area contributed by atoms with E-state index >= 15 is 0 Å². The quantitative estimate of drug-likeness (QED) is 0.797. The Balaban J connectivity index is 1.81. The van der Waals surface area contributed by atoms with Gasteiger partial charge in [0, 0.05) is 30.5 Å². The van der Waals surface area contributed by atoms with E-state index in [0.29, 0.717) is 36.8 Å². The third kappa shape index (κ3) is 3.81.